The number of benzene rings is 1. The summed E-state index contributed by atoms with van der Waals surface area (Å²) in [5, 5.41) is 6.78. The first-order chi connectivity index (χ1) is 14.7. The number of pyridine rings is 1. The van der Waals surface area contributed by atoms with Gasteiger partial charge in [-0.05, 0) is 38.1 Å². The molecule has 7 nitrogen and oxygen atoms in total. The van der Waals surface area contributed by atoms with E-state index in [0.717, 1.165) is 68.8 Å². The van der Waals surface area contributed by atoms with Crippen molar-refractivity contribution in [2.75, 3.05) is 58.3 Å². The zero-order chi connectivity index (χ0) is 21.2. The summed E-state index contributed by atoms with van der Waals surface area (Å²) in [5.41, 5.74) is 2.34. The van der Waals surface area contributed by atoms with Crippen LogP contribution in [0.25, 0.3) is 0 Å². The van der Waals surface area contributed by atoms with Crippen molar-refractivity contribution in [1.82, 2.24) is 20.5 Å². The zero-order valence-corrected chi connectivity index (χ0v) is 21.1. The van der Waals surface area contributed by atoms with Crippen LogP contribution in [-0.4, -0.2) is 69.3 Å². The fourth-order valence-corrected chi connectivity index (χ4v) is 3.59. The van der Waals surface area contributed by atoms with Crippen molar-refractivity contribution in [3.05, 3.63) is 53.7 Å². The van der Waals surface area contributed by atoms with Crippen LogP contribution in [0.2, 0.25) is 0 Å². The third kappa shape index (κ3) is 7.53. The maximum absolute atomic E-state index is 5.44. The fourth-order valence-electron chi connectivity index (χ4n) is 3.59. The highest BCUT2D eigenvalue weighted by Gasteiger charge is 2.17. The van der Waals surface area contributed by atoms with Crippen molar-refractivity contribution >= 4 is 35.8 Å². The topological polar surface area (TPSA) is 65.0 Å². The maximum Gasteiger partial charge on any atom is 0.191 e. The Balaban J connectivity index is 0.00000341. The van der Waals surface area contributed by atoms with Gasteiger partial charge >= 0.3 is 0 Å². The second-order valence-electron chi connectivity index (χ2n) is 7.46. The van der Waals surface area contributed by atoms with E-state index in [1.54, 1.807) is 7.11 Å². The number of anilines is 1. The lowest BCUT2D eigenvalue weighted by atomic mass is 10.1. The number of guanidine groups is 1. The number of nitrogens with zero attached hydrogens (tertiary/aromatic N) is 4. The Kier molecular flexibility index (Phi) is 10.9. The predicted molar refractivity (Wildman–Crippen MR) is 139 cm³/mol. The van der Waals surface area contributed by atoms with E-state index in [-0.39, 0.29) is 24.0 Å². The number of aliphatic imine (C=N–C) groups is 1. The summed E-state index contributed by atoms with van der Waals surface area (Å²) < 4.78 is 5.44. The van der Waals surface area contributed by atoms with Gasteiger partial charge in [-0.2, -0.15) is 0 Å². The third-order valence-corrected chi connectivity index (χ3v) is 5.30. The van der Waals surface area contributed by atoms with E-state index in [1.165, 1.54) is 5.56 Å². The predicted octanol–water partition coefficient (Wildman–Crippen LogP) is 2.76. The lowest BCUT2D eigenvalue weighted by Crippen LogP contribution is -2.45. The van der Waals surface area contributed by atoms with Crippen molar-refractivity contribution < 1.29 is 4.74 Å². The van der Waals surface area contributed by atoms with Gasteiger partial charge in [-0.15, -0.1) is 24.0 Å². The molecule has 2 N–H and O–H groups in total. The molecule has 1 fully saturated rings. The lowest BCUT2D eigenvalue weighted by molar-refractivity contribution is 0.312. The Hall–Kier alpha value is -2.07. The Bertz CT molecular complexity index is 823. The standard InChI is InChI=1S/C23H34N6O.HI/c1-4-24-23(26-13-11-19-8-5-6-10-21(19)30-3)27-18-20-9-7-12-25-22(20)29-16-14-28(2)15-17-29;/h5-10,12H,4,11,13-18H2,1-3H3,(H2,24,26,27);1H. The summed E-state index contributed by atoms with van der Waals surface area (Å²) in [7, 11) is 3.88. The van der Waals surface area contributed by atoms with Crippen LogP contribution in [0.5, 0.6) is 5.75 Å². The number of hydrogen-bond acceptors (Lipinski definition) is 5. The number of halogens is 1. The average molecular weight is 538 g/mol. The number of piperazine rings is 1. The highest BCUT2D eigenvalue weighted by molar-refractivity contribution is 14.0. The molecule has 0 spiro atoms. The highest BCUT2D eigenvalue weighted by atomic mass is 127. The van der Waals surface area contributed by atoms with E-state index in [1.807, 2.05) is 30.5 Å². The van der Waals surface area contributed by atoms with E-state index in [4.69, 9.17) is 9.73 Å². The van der Waals surface area contributed by atoms with E-state index in [9.17, 15) is 0 Å². The summed E-state index contributed by atoms with van der Waals surface area (Å²) in [6, 6.07) is 12.3. The fraction of sp³-hybridized carbons (Fsp3) is 0.478. The monoisotopic (exact) mass is 538 g/mol. The quantitative estimate of drug-likeness (QED) is 0.306. The minimum atomic E-state index is 0. The van der Waals surface area contributed by atoms with Crippen LogP contribution >= 0.6 is 24.0 Å². The van der Waals surface area contributed by atoms with E-state index in [2.05, 4.69) is 51.5 Å². The highest BCUT2D eigenvalue weighted by Crippen LogP contribution is 2.20. The van der Waals surface area contributed by atoms with E-state index in [0.29, 0.717) is 6.54 Å². The molecule has 2 aromatic rings. The molecule has 3 rings (SSSR count). The number of ether oxygens (including phenoxy) is 1. The first-order valence-corrected chi connectivity index (χ1v) is 10.7. The number of methoxy groups -OCH3 is 1. The minimum Gasteiger partial charge on any atom is -0.496 e. The van der Waals surface area contributed by atoms with Crippen molar-refractivity contribution in [3.8, 4) is 5.75 Å². The molecule has 1 aliphatic heterocycles. The summed E-state index contributed by atoms with van der Waals surface area (Å²) in [5.74, 6) is 2.80. The molecule has 0 bridgehead atoms. The van der Waals surface area contributed by atoms with E-state index >= 15 is 0 Å². The maximum atomic E-state index is 5.44. The molecule has 0 unspecified atom stereocenters. The molecule has 0 atom stereocenters. The molecule has 2 heterocycles. The molecule has 0 saturated carbocycles. The van der Waals surface area contributed by atoms with Gasteiger partial charge in [0.2, 0.25) is 0 Å². The number of nitrogens with one attached hydrogen (secondary N) is 2. The van der Waals surface area contributed by atoms with Gasteiger partial charge in [0.15, 0.2) is 5.96 Å². The Morgan fingerprint density at radius 3 is 2.55 bits per heavy atom. The smallest absolute Gasteiger partial charge is 0.191 e. The van der Waals surface area contributed by atoms with Crippen LogP contribution in [0, 0.1) is 0 Å². The SMILES string of the molecule is CCNC(=NCc1cccnc1N1CCN(C)CC1)NCCc1ccccc1OC.I. The van der Waals surface area contributed by atoms with Crippen LogP contribution in [0.4, 0.5) is 5.82 Å². The molecule has 0 radical (unpaired) electrons. The van der Waals surface area contributed by atoms with Gasteiger partial charge in [0.05, 0.1) is 13.7 Å². The van der Waals surface area contributed by atoms with Crippen molar-refractivity contribution in [2.24, 2.45) is 4.99 Å². The van der Waals surface area contributed by atoms with Crippen molar-refractivity contribution in [3.63, 3.8) is 0 Å². The van der Waals surface area contributed by atoms with E-state index < -0.39 is 0 Å². The molecular weight excluding hydrogens is 503 g/mol. The summed E-state index contributed by atoms with van der Waals surface area (Å²) in [6.45, 7) is 8.40. The normalized spacial score (nSPS) is 14.7. The molecule has 1 saturated heterocycles. The van der Waals surface area contributed by atoms with Gasteiger partial charge in [-0.25, -0.2) is 9.98 Å². The summed E-state index contributed by atoms with van der Waals surface area (Å²) in [4.78, 5) is 14.2. The van der Waals surface area contributed by atoms with Crippen LogP contribution in [-0.2, 0) is 13.0 Å². The number of rotatable bonds is 8. The van der Waals surface area contributed by atoms with Crippen molar-refractivity contribution in [1.29, 1.82) is 0 Å². The van der Waals surface area contributed by atoms with Crippen molar-refractivity contribution in [2.45, 2.75) is 19.9 Å². The first-order valence-electron chi connectivity index (χ1n) is 10.7. The third-order valence-electron chi connectivity index (χ3n) is 5.30. The zero-order valence-electron chi connectivity index (χ0n) is 18.8. The molecule has 8 heteroatoms. The molecule has 1 aliphatic rings. The number of hydrogen-bond donors (Lipinski definition) is 2. The largest absolute Gasteiger partial charge is 0.496 e. The van der Waals surface area contributed by atoms with Gasteiger partial charge in [-0.3, -0.25) is 0 Å². The first kappa shape index (κ1) is 25.2. The number of aromatic nitrogens is 1. The number of likely N-dealkylation sites (N-methyl/N-ethyl adjacent to an activating group) is 1. The second-order valence-corrected chi connectivity index (χ2v) is 7.46. The molecule has 31 heavy (non-hydrogen) atoms. The molecule has 1 aromatic heterocycles. The average Bonchev–Trinajstić information content (AvgIpc) is 2.78. The van der Waals surface area contributed by atoms with Crippen LogP contribution in [0.3, 0.4) is 0 Å². The number of para-hydroxylation sites is 1. The molecule has 170 valence electrons. The van der Waals surface area contributed by atoms with Gasteiger partial charge in [0.25, 0.3) is 0 Å². The Morgan fingerprint density at radius 2 is 1.81 bits per heavy atom. The van der Waals surface area contributed by atoms with Crippen LogP contribution in [0.15, 0.2) is 47.6 Å². The molecular formula is C23H35IN6O. The van der Waals surface area contributed by atoms with Crippen LogP contribution < -0.4 is 20.3 Å². The second kappa shape index (κ2) is 13.4. The molecule has 0 amide bonds. The van der Waals surface area contributed by atoms with Gasteiger partial charge < -0.3 is 25.2 Å². The van der Waals surface area contributed by atoms with Crippen LogP contribution in [0.1, 0.15) is 18.1 Å². The Morgan fingerprint density at radius 1 is 1.06 bits per heavy atom. The molecule has 0 aliphatic carbocycles. The molecule has 1 aromatic carbocycles. The lowest BCUT2D eigenvalue weighted by Gasteiger charge is -2.34. The summed E-state index contributed by atoms with van der Waals surface area (Å²) in [6.07, 6.45) is 2.74. The Labute approximate surface area is 203 Å². The summed E-state index contributed by atoms with van der Waals surface area (Å²) >= 11 is 0. The van der Waals surface area contributed by atoms with Gasteiger partial charge in [0, 0.05) is 51.0 Å². The van der Waals surface area contributed by atoms with Gasteiger partial charge in [-0.1, -0.05) is 24.3 Å². The minimum absolute atomic E-state index is 0. The van der Waals surface area contributed by atoms with Gasteiger partial charge in [0.1, 0.15) is 11.6 Å².